The van der Waals surface area contributed by atoms with Crippen molar-refractivity contribution in [1.29, 1.82) is 0 Å². The molecule has 6 nitrogen and oxygen atoms in total. The van der Waals surface area contributed by atoms with Crippen LogP contribution in [0.15, 0.2) is 48.6 Å². The molecule has 2 unspecified atom stereocenters. The number of anilines is 1. The maximum absolute atomic E-state index is 12.8. The molecule has 0 spiro atoms. The SMILES string of the molecule is CCCc1cc(Cl)ccc1C1COc2ccc3cc2N(CCCC/C=C/CN(C)C(=O)CC3C)C1.O=CO. The largest absolute Gasteiger partial charge is 0.491 e. The Morgan fingerprint density at radius 2 is 1.95 bits per heavy atom. The van der Waals surface area contributed by atoms with E-state index in [0.717, 1.165) is 61.7 Å². The van der Waals surface area contributed by atoms with Crippen molar-refractivity contribution in [1.82, 2.24) is 4.90 Å². The Morgan fingerprint density at radius 1 is 1.16 bits per heavy atom. The Balaban J connectivity index is 0.00000127. The van der Waals surface area contributed by atoms with Crippen LogP contribution in [0.3, 0.4) is 0 Å². The minimum Gasteiger partial charge on any atom is -0.491 e. The molecule has 0 radical (unpaired) electrons. The summed E-state index contributed by atoms with van der Waals surface area (Å²) in [7, 11) is 1.90. The minimum atomic E-state index is -0.250. The molecule has 38 heavy (non-hydrogen) atoms. The summed E-state index contributed by atoms with van der Waals surface area (Å²) in [5, 5.41) is 7.69. The highest BCUT2D eigenvalue weighted by Gasteiger charge is 2.27. The van der Waals surface area contributed by atoms with Crippen LogP contribution in [0.25, 0.3) is 0 Å². The number of likely N-dealkylation sites (N-methyl/N-ethyl adjacent to an activating group) is 1. The van der Waals surface area contributed by atoms with Crippen molar-refractivity contribution in [2.45, 2.75) is 64.2 Å². The normalized spacial score (nSPS) is 21.1. The molecule has 2 aromatic rings. The molecular formula is C31H41ClN2O4. The van der Waals surface area contributed by atoms with Crippen LogP contribution < -0.4 is 9.64 Å². The standard InChI is InChI=1S/C30H39ClN2O2.CH2O2/c1-4-10-24-18-26(31)12-13-27(24)25-20-33-16-9-7-5-6-8-15-32(3)30(34)17-22(2)23-11-14-29(35-21-25)28(33)19-23;2-1-3/h6,8,11-14,18-19,22,25H,4-5,7,9-10,15-17,20-21H2,1-3H3;1H,(H,2,3)/b8-6+;. The maximum atomic E-state index is 12.8. The molecule has 0 saturated heterocycles. The molecule has 0 saturated carbocycles. The van der Waals surface area contributed by atoms with Crippen LogP contribution in [-0.4, -0.2) is 55.7 Å². The van der Waals surface area contributed by atoms with Crippen LogP contribution >= 0.6 is 11.6 Å². The average molecular weight is 541 g/mol. The fourth-order valence-electron chi connectivity index (χ4n) is 5.23. The third-order valence-electron chi connectivity index (χ3n) is 7.34. The summed E-state index contributed by atoms with van der Waals surface area (Å²) in [5.41, 5.74) is 5.04. The summed E-state index contributed by atoms with van der Waals surface area (Å²) >= 11 is 6.36. The van der Waals surface area contributed by atoms with Crippen LogP contribution in [0.4, 0.5) is 5.69 Å². The molecule has 2 bridgehead atoms. The van der Waals surface area contributed by atoms with Gasteiger partial charge in [0.25, 0.3) is 6.47 Å². The highest BCUT2D eigenvalue weighted by Crippen LogP contribution is 2.38. The van der Waals surface area contributed by atoms with Crippen LogP contribution in [-0.2, 0) is 16.0 Å². The van der Waals surface area contributed by atoms with Crippen LogP contribution in [0.2, 0.25) is 5.02 Å². The van der Waals surface area contributed by atoms with Gasteiger partial charge >= 0.3 is 0 Å². The Hall–Kier alpha value is -2.99. The number of ether oxygens (including phenoxy) is 1. The number of aryl methyl sites for hydroxylation is 1. The molecule has 1 amide bonds. The quantitative estimate of drug-likeness (QED) is 0.348. The van der Waals surface area contributed by atoms with Gasteiger partial charge in [-0.05, 0) is 72.6 Å². The average Bonchev–Trinajstić information content (AvgIpc) is 3.07. The van der Waals surface area contributed by atoms with E-state index in [1.54, 1.807) is 0 Å². The third kappa shape index (κ3) is 8.00. The summed E-state index contributed by atoms with van der Waals surface area (Å²) in [6.45, 7) is 7.36. The summed E-state index contributed by atoms with van der Waals surface area (Å²) in [5.74, 6) is 1.56. The van der Waals surface area contributed by atoms with Crippen LogP contribution in [0.1, 0.15) is 74.5 Å². The molecule has 206 valence electrons. The van der Waals surface area contributed by atoms with E-state index in [1.807, 2.05) is 18.0 Å². The number of amides is 1. The number of carbonyl (C=O) groups is 2. The van der Waals surface area contributed by atoms with E-state index in [4.69, 9.17) is 26.2 Å². The maximum Gasteiger partial charge on any atom is 0.290 e. The molecule has 2 aliphatic rings. The highest BCUT2D eigenvalue weighted by atomic mass is 35.5. The Morgan fingerprint density at radius 3 is 2.71 bits per heavy atom. The number of allylic oxidation sites excluding steroid dienone is 1. The molecule has 1 N–H and O–H groups in total. The Kier molecular flexibility index (Phi) is 11.5. The summed E-state index contributed by atoms with van der Waals surface area (Å²) < 4.78 is 6.44. The van der Waals surface area contributed by atoms with Gasteiger partial charge in [0.2, 0.25) is 5.91 Å². The lowest BCUT2D eigenvalue weighted by molar-refractivity contribution is -0.129. The second kappa shape index (κ2) is 14.8. The van der Waals surface area contributed by atoms with E-state index in [2.05, 4.69) is 61.2 Å². The number of hydrogen-bond donors (Lipinski definition) is 1. The lowest BCUT2D eigenvalue weighted by Crippen LogP contribution is -2.30. The topological polar surface area (TPSA) is 70.1 Å². The lowest BCUT2D eigenvalue weighted by atomic mass is 9.92. The molecule has 2 aromatic carbocycles. The van der Waals surface area contributed by atoms with Gasteiger partial charge in [0.05, 0.1) is 12.3 Å². The second-order valence-corrected chi connectivity index (χ2v) is 10.7. The van der Waals surface area contributed by atoms with Crippen molar-refractivity contribution in [2.75, 3.05) is 38.2 Å². The first-order valence-electron chi connectivity index (χ1n) is 13.6. The molecule has 2 aliphatic heterocycles. The second-order valence-electron chi connectivity index (χ2n) is 10.2. The van der Waals surface area contributed by atoms with E-state index in [0.29, 0.717) is 19.6 Å². The molecule has 7 heteroatoms. The van der Waals surface area contributed by atoms with Gasteiger partial charge in [-0.1, -0.05) is 56.2 Å². The number of fused-ring (bicyclic) bond motifs is 1. The van der Waals surface area contributed by atoms with Crippen molar-refractivity contribution in [3.63, 3.8) is 0 Å². The first-order chi connectivity index (χ1) is 18.4. The number of benzene rings is 2. The van der Waals surface area contributed by atoms with E-state index in [9.17, 15) is 4.79 Å². The molecule has 2 atom stereocenters. The molecule has 0 aliphatic carbocycles. The van der Waals surface area contributed by atoms with Crippen molar-refractivity contribution in [3.8, 4) is 5.75 Å². The first kappa shape index (κ1) is 29.6. The number of rotatable bonds is 3. The number of carboxylic acid groups (broad SMARTS) is 1. The monoisotopic (exact) mass is 540 g/mol. The van der Waals surface area contributed by atoms with Gasteiger partial charge in [0, 0.05) is 44.0 Å². The first-order valence-corrected chi connectivity index (χ1v) is 14.0. The zero-order valence-electron chi connectivity index (χ0n) is 22.9. The number of carbonyl (C=O) groups excluding carboxylic acids is 1. The van der Waals surface area contributed by atoms with Gasteiger partial charge in [0.15, 0.2) is 0 Å². The van der Waals surface area contributed by atoms with Gasteiger partial charge in [-0.15, -0.1) is 0 Å². The predicted octanol–water partition coefficient (Wildman–Crippen LogP) is 6.67. The fourth-order valence-corrected chi connectivity index (χ4v) is 5.42. The van der Waals surface area contributed by atoms with Gasteiger partial charge in [0.1, 0.15) is 5.75 Å². The number of nitrogens with zero attached hydrogens (tertiary/aromatic N) is 2. The highest BCUT2D eigenvalue weighted by molar-refractivity contribution is 6.30. The molecule has 2 heterocycles. The van der Waals surface area contributed by atoms with E-state index in [-0.39, 0.29) is 24.2 Å². The zero-order chi connectivity index (χ0) is 27.5. The van der Waals surface area contributed by atoms with Gasteiger partial charge in [-0.2, -0.15) is 0 Å². The minimum absolute atomic E-state index is 0.151. The summed E-state index contributed by atoms with van der Waals surface area (Å²) in [6.07, 6.45) is 10.3. The number of halogens is 1. The third-order valence-corrected chi connectivity index (χ3v) is 7.57. The van der Waals surface area contributed by atoms with E-state index < -0.39 is 0 Å². The van der Waals surface area contributed by atoms with E-state index in [1.165, 1.54) is 16.7 Å². The predicted molar refractivity (Wildman–Crippen MR) is 155 cm³/mol. The van der Waals surface area contributed by atoms with Crippen LogP contribution in [0, 0.1) is 0 Å². The van der Waals surface area contributed by atoms with Crippen molar-refractivity contribution in [2.24, 2.45) is 0 Å². The lowest BCUT2D eigenvalue weighted by Gasteiger charge is -2.28. The Labute approximate surface area is 232 Å². The summed E-state index contributed by atoms with van der Waals surface area (Å²) in [6, 6.07) is 12.9. The number of hydrogen-bond acceptors (Lipinski definition) is 4. The fraction of sp³-hybridized carbons (Fsp3) is 0.484. The van der Waals surface area contributed by atoms with Gasteiger partial charge in [-0.3, -0.25) is 9.59 Å². The van der Waals surface area contributed by atoms with E-state index >= 15 is 0 Å². The van der Waals surface area contributed by atoms with Gasteiger partial charge in [-0.25, -0.2) is 0 Å². The van der Waals surface area contributed by atoms with Crippen molar-refractivity contribution >= 4 is 29.7 Å². The molecular weight excluding hydrogens is 500 g/mol. The smallest absolute Gasteiger partial charge is 0.290 e. The zero-order valence-corrected chi connectivity index (χ0v) is 23.6. The molecule has 4 rings (SSSR count). The molecule has 0 fully saturated rings. The van der Waals surface area contributed by atoms with Crippen LogP contribution in [0.5, 0.6) is 5.75 Å². The molecule has 0 aromatic heterocycles. The van der Waals surface area contributed by atoms with Crippen molar-refractivity contribution < 1.29 is 19.4 Å². The van der Waals surface area contributed by atoms with Crippen molar-refractivity contribution in [3.05, 3.63) is 70.3 Å². The summed E-state index contributed by atoms with van der Waals surface area (Å²) in [4.78, 5) is 25.5. The van der Waals surface area contributed by atoms with Gasteiger partial charge < -0.3 is 19.6 Å². The Bertz CT molecular complexity index is 1100.